The van der Waals surface area contributed by atoms with Gasteiger partial charge >= 0.3 is 0 Å². The van der Waals surface area contributed by atoms with Gasteiger partial charge in [0.2, 0.25) is 23.7 Å². The number of nitrogens with zero attached hydrogens (tertiary/aromatic N) is 6. The van der Waals surface area contributed by atoms with Crippen LogP contribution < -0.4 is 20.3 Å². The average molecular weight is 893 g/mol. The van der Waals surface area contributed by atoms with Gasteiger partial charge in [-0.1, -0.05) is 92.0 Å². The second kappa shape index (κ2) is 19.2. The smallest absolute Gasteiger partial charge is 0.255 e. The molecule has 4 aliphatic heterocycles. The number of halogens is 1. The summed E-state index contributed by atoms with van der Waals surface area (Å²) >= 11 is 6.63. The molecule has 5 aromatic rings. The Morgan fingerprint density at radius 1 is 0.862 bits per heavy atom. The molecule has 4 amide bonds. The van der Waals surface area contributed by atoms with Crippen LogP contribution in [0.15, 0.2) is 110 Å². The van der Waals surface area contributed by atoms with Crippen molar-refractivity contribution in [1.82, 2.24) is 30.1 Å². The topological polar surface area (TPSA) is 150 Å². The third kappa shape index (κ3) is 9.47. The molecule has 0 aliphatic carbocycles. The van der Waals surface area contributed by atoms with Crippen molar-refractivity contribution in [3.8, 4) is 28.1 Å². The Labute approximate surface area is 384 Å². The van der Waals surface area contributed by atoms with E-state index in [4.69, 9.17) is 21.3 Å². The van der Waals surface area contributed by atoms with Crippen molar-refractivity contribution in [3.63, 3.8) is 0 Å². The molecule has 65 heavy (non-hydrogen) atoms. The molecule has 3 aromatic carbocycles. The molecule has 0 radical (unpaired) electrons. The molecule has 1 unspecified atom stereocenters. The molecule has 13 nitrogen and oxygen atoms in total. The van der Waals surface area contributed by atoms with Crippen LogP contribution >= 0.6 is 11.6 Å². The van der Waals surface area contributed by atoms with Crippen molar-refractivity contribution < 1.29 is 23.9 Å². The number of benzene rings is 3. The molecule has 1 spiro atoms. The molecule has 14 heteroatoms. The maximum atomic E-state index is 13.3. The van der Waals surface area contributed by atoms with E-state index in [0.29, 0.717) is 47.4 Å². The van der Waals surface area contributed by atoms with E-state index in [1.54, 1.807) is 29.4 Å². The lowest BCUT2D eigenvalue weighted by Crippen LogP contribution is -2.52. The van der Waals surface area contributed by atoms with Gasteiger partial charge in [0, 0.05) is 60.3 Å². The van der Waals surface area contributed by atoms with Crippen molar-refractivity contribution >= 4 is 52.6 Å². The van der Waals surface area contributed by atoms with Crippen LogP contribution in [-0.2, 0) is 20.9 Å². The highest BCUT2D eigenvalue weighted by atomic mass is 35.5. The summed E-state index contributed by atoms with van der Waals surface area (Å²) < 4.78 is 6.12. The highest BCUT2D eigenvalue weighted by Crippen LogP contribution is 2.49. The van der Waals surface area contributed by atoms with E-state index < -0.39 is 11.9 Å². The Kier molecular flexibility index (Phi) is 12.9. The Bertz CT molecular complexity index is 2610. The number of hydrogen-bond acceptors (Lipinski definition) is 10. The number of fused-ring (bicyclic) bond motifs is 1. The highest BCUT2D eigenvalue weighted by Gasteiger charge is 2.45. The van der Waals surface area contributed by atoms with E-state index in [2.05, 4.69) is 62.4 Å². The summed E-state index contributed by atoms with van der Waals surface area (Å²) in [6, 6.07) is 25.2. The van der Waals surface area contributed by atoms with Crippen LogP contribution in [0.25, 0.3) is 22.4 Å². The normalized spacial score (nSPS) is 18.0. The van der Waals surface area contributed by atoms with Crippen molar-refractivity contribution in [2.75, 3.05) is 36.5 Å². The van der Waals surface area contributed by atoms with E-state index in [1.807, 2.05) is 47.5 Å². The number of imide groups is 1. The SMILES string of the molecule is C=C1N(c2cncc(Nc3ncc(Cl)c(-c4cccc(-c5ccccc5)c4)n3)c2)CCC12CCN(C(=O)CCCCCCCOc1cccc3c1CN(C1CCC(=O)NC1=O)C3=O)CC2. The molecule has 6 heterocycles. The fraction of sp³-hybridized carbons (Fsp3) is 0.353. The number of carbonyl (C=O) groups excluding carboxylic acids is 4. The van der Waals surface area contributed by atoms with Crippen LogP contribution in [0.3, 0.4) is 0 Å². The summed E-state index contributed by atoms with van der Waals surface area (Å²) in [6.45, 7) is 7.69. The Balaban J connectivity index is 0.701. The second-order valence-electron chi connectivity index (χ2n) is 17.5. The van der Waals surface area contributed by atoms with Gasteiger partial charge in [0.05, 0.1) is 53.8 Å². The van der Waals surface area contributed by atoms with Gasteiger partial charge in [-0.05, 0) is 73.9 Å². The Morgan fingerprint density at radius 3 is 2.45 bits per heavy atom. The minimum atomic E-state index is -0.653. The standard InChI is InChI=1S/C51H53ClN8O5/c1-34-51(23-26-59(34)39-29-38(30-53-31-39)55-50-54-32-42(52)47(57-50)37-15-10-14-36(28-37)35-12-6-5-7-13-35)21-24-58(25-22-51)46(62)18-8-3-2-4-9-27-65-44-17-11-16-40-41(44)33-60(49(40)64)43-19-20-45(61)56-48(43)63/h5-7,10-17,28-32,43H,1-4,8-9,18-27,33H2,(H,54,55,57)(H,56,61,63). The first-order valence-electron chi connectivity index (χ1n) is 22.7. The Morgan fingerprint density at radius 2 is 1.62 bits per heavy atom. The molecule has 334 valence electrons. The van der Waals surface area contributed by atoms with Crippen LogP contribution in [-0.4, -0.2) is 80.7 Å². The zero-order valence-corrected chi connectivity index (χ0v) is 37.2. The number of rotatable bonds is 15. The largest absolute Gasteiger partial charge is 0.493 e. The number of likely N-dealkylation sites (tertiary alicyclic amines) is 1. The molecule has 4 aliphatic rings. The maximum Gasteiger partial charge on any atom is 0.255 e. The third-order valence-electron chi connectivity index (χ3n) is 13.4. The van der Waals surface area contributed by atoms with Crippen LogP contribution in [0, 0.1) is 5.41 Å². The van der Waals surface area contributed by atoms with Gasteiger partial charge in [-0.3, -0.25) is 29.5 Å². The first-order valence-corrected chi connectivity index (χ1v) is 23.1. The summed E-state index contributed by atoms with van der Waals surface area (Å²) in [6.07, 6.45) is 13.8. The van der Waals surface area contributed by atoms with Crippen molar-refractivity contribution in [2.45, 2.75) is 83.2 Å². The first-order chi connectivity index (χ1) is 31.7. The maximum absolute atomic E-state index is 13.3. The van der Waals surface area contributed by atoms with Gasteiger partial charge in [-0.15, -0.1) is 0 Å². The quantitative estimate of drug-likeness (QED) is 0.0770. The molecule has 1 atom stereocenters. The van der Waals surface area contributed by atoms with E-state index in [1.165, 1.54) is 0 Å². The lowest BCUT2D eigenvalue weighted by molar-refractivity contribution is -0.137. The van der Waals surface area contributed by atoms with Gasteiger partial charge in [0.25, 0.3) is 5.91 Å². The van der Waals surface area contributed by atoms with Gasteiger partial charge in [-0.25, -0.2) is 9.97 Å². The number of pyridine rings is 1. The fourth-order valence-electron chi connectivity index (χ4n) is 9.72. The number of piperidine rings is 2. The number of aromatic nitrogens is 3. The highest BCUT2D eigenvalue weighted by molar-refractivity contribution is 6.33. The second-order valence-corrected chi connectivity index (χ2v) is 17.9. The number of ether oxygens (including phenoxy) is 1. The van der Waals surface area contributed by atoms with Crippen LogP contribution in [0.5, 0.6) is 5.75 Å². The minimum absolute atomic E-state index is 0.0486. The molecule has 0 saturated carbocycles. The zero-order chi connectivity index (χ0) is 44.9. The molecule has 9 rings (SSSR count). The number of allylic oxidation sites excluding steroid dienone is 1. The monoisotopic (exact) mass is 892 g/mol. The summed E-state index contributed by atoms with van der Waals surface area (Å²) in [5, 5.41) is 6.15. The average Bonchev–Trinajstić information content (AvgIpc) is 3.83. The van der Waals surface area contributed by atoms with E-state index in [-0.39, 0.29) is 36.1 Å². The predicted octanol–water partition coefficient (Wildman–Crippen LogP) is 9.12. The number of unbranched alkanes of at least 4 members (excludes halogenated alkanes) is 4. The molecule has 3 fully saturated rings. The summed E-state index contributed by atoms with van der Waals surface area (Å²) in [7, 11) is 0. The van der Waals surface area contributed by atoms with Gasteiger partial charge < -0.3 is 24.8 Å². The fourth-order valence-corrected chi connectivity index (χ4v) is 9.92. The van der Waals surface area contributed by atoms with E-state index in [0.717, 1.165) is 110 Å². The first kappa shape index (κ1) is 43.6. The number of hydrogen-bond donors (Lipinski definition) is 2. The van der Waals surface area contributed by atoms with Crippen LogP contribution in [0.2, 0.25) is 5.02 Å². The number of carbonyl (C=O) groups is 4. The van der Waals surface area contributed by atoms with Crippen molar-refractivity contribution in [3.05, 3.63) is 126 Å². The van der Waals surface area contributed by atoms with Crippen molar-refractivity contribution in [1.29, 1.82) is 0 Å². The lowest BCUT2D eigenvalue weighted by Gasteiger charge is -2.40. The van der Waals surface area contributed by atoms with E-state index in [9.17, 15) is 19.2 Å². The zero-order valence-electron chi connectivity index (χ0n) is 36.4. The predicted molar refractivity (Wildman–Crippen MR) is 250 cm³/mol. The summed E-state index contributed by atoms with van der Waals surface area (Å²) in [5.74, 6) is 0.371. The number of anilines is 3. The molecular formula is C51H53ClN8O5. The van der Waals surface area contributed by atoms with Crippen LogP contribution in [0.4, 0.5) is 17.3 Å². The Hall–Kier alpha value is -6.60. The van der Waals surface area contributed by atoms with Gasteiger partial charge in [-0.2, -0.15) is 0 Å². The molecule has 2 N–H and O–H groups in total. The number of nitrogens with one attached hydrogen (secondary N) is 2. The number of amides is 4. The van der Waals surface area contributed by atoms with Crippen molar-refractivity contribution in [2.24, 2.45) is 5.41 Å². The molecule has 2 aromatic heterocycles. The summed E-state index contributed by atoms with van der Waals surface area (Å²) in [4.78, 5) is 70.1. The summed E-state index contributed by atoms with van der Waals surface area (Å²) in [5.41, 5.74) is 7.80. The molecule has 0 bridgehead atoms. The lowest BCUT2D eigenvalue weighted by atomic mass is 9.75. The van der Waals surface area contributed by atoms with Gasteiger partial charge in [0.1, 0.15) is 11.8 Å². The minimum Gasteiger partial charge on any atom is -0.493 e. The van der Waals surface area contributed by atoms with Gasteiger partial charge in [0.15, 0.2) is 0 Å². The van der Waals surface area contributed by atoms with Crippen LogP contribution in [0.1, 0.15) is 86.6 Å². The van der Waals surface area contributed by atoms with E-state index >= 15 is 0 Å². The molecular weight excluding hydrogens is 840 g/mol. The molecule has 3 saturated heterocycles. The third-order valence-corrected chi connectivity index (χ3v) is 13.7.